The lowest BCUT2D eigenvalue weighted by molar-refractivity contribution is 0.0946. The predicted octanol–water partition coefficient (Wildman–Crippen LogP) is 4.41. The van der Waals surface area contributed by atoms with Crippen molar-refractivity contribution in [2.24, 2.45) is 0 Å². The summed E-state index contributed by atoms with van der Waals surface area (Å²) in [6.45, 7) is 4.30. The normalized spacial score (nSPS) is 10.9. The van der Waals surface area contributed by atoms with Crippen molar-refractivity contribution in [1.82, 2.24) is 20.3 Å². The van der Waals surface area contributed by atoms with Crippen LogP contribution in [0.25, 0.3) is 22.2 Å². The summed E-state index contributed by atoms with van der Waals surface area (Å²) in [6, 6.07) is 16.9. The number of nitrogens with zero attached hydrogens (tertiary/aromatic N) is 3. The lowest BCUT2D eigenvalue weighted by atomic mass is 10.1. The van der Waals surface area contributed by atoms with Gasteiger partial charge in [-0.2, -0.15) is 0 Å². The first-order valence-electron chi connectivity index (χ1n) is 9.81. The van der Waals surface area contributed by atoms with Crippen molar-refractivity contribution >= 4 is 16.8 Å². The molecule has 0 saturated carbocycles. The molecule has 1 aromatic carbocycles. The number of fused-ring (bicyclic) bond motifs is 1. The topological polar surface area (TPSA) is 77.0 Å². The second-order valence-electron chi connectivity index (χ2n) is 7.13. The van der Waals surface area contributed by atoms with Crippen molar-refractivity contribution in [3.63, 3.8) is 0 Å². The molecule has 0 spiro atoms. The third-order valence-electron chi connectivity index (χ3n) is 4.55. The Morgan fingerprint density at radius 1 is 1.03 bits per heavy atom. The van der Waals surface area contributed by atoms with Crippen molar-refractivity contribution in [3.8, 4) is 17.0 Å². The second kappa shape index (κ2) is 8.69. The Hall–Kier alpha value is -3.80. The van der Waals surface area contributed by atoms with Gasteiger partial charge >= 0.3 is 0 Å². The fraction of sp³-hybridized carbons (Fsp3) is 0.167. The van der Waals surface area contributed by atoms with E-state index in [1.807, 2.05) is 62.4 Å². The first-order chi connectivity index (χ1) is 14.6. The highest BCUT2D eigenvalue weighted by atomic mass is 16.5. The Morgan fingerprint density at radius 3 is 2.67 bits per heavy atom. The van der Waals surface area contributed by atoms with E-state index in [1.165, 1.54) is 0 Å². The summed E-state index contributed by atoms with van der Waals surface area (Å²) in [5, 5.41) is 3.79. The minimum absolute atomic E-state index is 0.0580. The molecule has 150 valence electrons. The largest absolute Gasteiger partial charge is 0.491 e. The van der Waals surface area contributed by atoms with Crippen LogP contribution in [0.1, 0.15) is 29.9 Å². The number of pyridine rings is 3. The maximum Gasteiger partial charge on any atom is 0.270 e. The number of carbonyl (C=O) groups is 1. The van der Waals surface area contributed by atoms with Crippen molar-refractivity contribution in [2.75, 3.05) is 0 Å². The molecule has 0 aliphatic carbocycles. The van der Waals surface area contributed by atoms with Crippen molar-refractivity contribution < 1.29 is 9.53 Å². The van der Waals surface area contributed by atoms with Gasteiger partial charge in [-0.25, -0.2) is 4.98 Å². The molecule has 0 atom stereocenters. The molecule has 4 aromatic rings. The molecule has 0 bridgehead atoms. The van der Waals surface area contributed by atoms with E-state index in [0.29, 0.717) is 17.8 Å². The molecule has 0 aliphatic heterocycles. The van der Waals surface area contributed by atoms with E-state index < -0.39 is 0 Å². The zero-order valence-corrected chi connectivity index (χ0v) is 16.9. The van der Waals surface area contributed by atoms with Gasteiger partial charge in [0.2, 0.25) is 0 Å². The third-order valence-corrected chi connectivity index (χ3v) is 4.55. The molecule has 0 saturated heterocycles. The molecule has 1 N–H and O–H groups in total. The summed E-state index contributed by atoms with van der Waals surface area (Å²) in [5.41, 5.74) is 3.51. The summed E-state index contributed by atoms with van der Waals surface area (Å²) in [4.78, 5) is 26.1. The Balaban J connectivity index is 1.59. The SMILES string of the molecule is CC(C)Oc1ccccc1CNC(=O)c1ccc2cncc(-c3ccccn3)c2n1. The van der Waals surface area contributed by atoms with Gasteiger partial charge in [-0.05, 0) is 44.2 Å². The van der Waals surface area contributed by atoms with E-state index in [2.05, 4.69) is 20.3 Å². The smallest absolute Gasteiger partial charge is 0.270 e. The molecule has 4 rings (SSSR count). The maximum absolute atomic E-state index is 12.8. The Morgan fingerprint density at radius 2 is 1.87 bits per heavy atom. The van der Waals surface area contributed by atoms with Crippen LogP contribution in [-0.2, 0) is 6.54 Å². The van der Waals surface area contributed by atoms with Crippen LogP contribution in [0.4, 0.5) is 0 Å². The maximum atomic E-state index is 12.8. The molecule has 0 radical (unpaired) electrons. The number of rotatable bonds is 6. The fourth-order valence-electron chi connectivity index (χ4n) is 3.16. The first-order valence-corrected chi connectivity index (χ1v) is 9.81. The van der Waals surface area contributed by atoms with E-state index in [0.717, 1.165) is 28.0 Å². The summed E-state index contributed by atoms with van der Waals surface area (Å²) < 4.78 is 5.82. The van der Waals surface area contributed by atoms with E-state index in [4.69, 9.17) is 4.74 Å². The molecular weight excluding hydrogens is 376 g/mol. The van der Waals surface area contributed by atoms with Crippen molar-refractivity contribution in [3.05, 3.63) is 84.4 Å². The molecule has 30 heavy (non-hydrogen) atoms. The van der Waals surface area contributed by atoms with E-state index in [1.54, 1.807) is 24.7 Å². The molecule has 6 nitrogen and oxygen atoms in total. The fourth-order valence-corrected chi connectivity index (χ4v) is 3.16. The zero-order chi connectivity index (χ0) is 20.9. The highest BCUT2D eigenvalue weighted by molar-refractivity contribution is 5.98. The summed E-state index contributed by atoms with van der Waals surface area (Å²) in [6.07, 6.45) is 5.23. The van der Waals surface area contributed by atoms with Crippen LogP contribution in [-0.4, -0.2) is 27.0 Å². The van der Waals surface area contributed by atoms with Crippen LogP contribution in [0.3, 0.4) is 0 Å². The standard InChI is InChI=1S/C24H22N4O2/c1-16(2)30-22-9-4-3-7-17(22)14-27-24(29)21-11-10-18-13-25-15-19(23(18)28-21)20-8-5-6-12-26-20/h3-13,15-16H,14H2,1-2H3,(H,27,29). The van der Waals surface area contributed by atoms with Gasteiger partial charge < -0.3 is 10.1 Å². The van der Waals surface area contributed by atoms with Gasteiger partial charge in [0.15, 0.2) is 0 Å². The minimum atomic E-state index is -0.250. The van der Waals surface area contributed by atoms with Crippen molar-refractivity contribution in [1.29, 1.82) is 0 Å². The number of aromatic nitrogens is 3. The van der Waals surface area contributed by atoms with Gasteiger partial charge in [0, 0.05) is 41.6 Å². The van der Waals surface area contributed by atoms with Crippen LogP contribution < -0.4 is 10.1 Å². The summed E-state index contributed by atoms with van der Waals surface area (Å²) in [7, 11) is 0. The number of amides is 1. The van der Waals surface area contributed by atoms with Gasteiger partial charge in [0.1, 0.15) is 11.4 Å². The molecule has 1 amide bonds. The molecule has 0 unspecified atom stereocenters. The number of para-hydroxylation sites is 1. The summed E-state index contributed by atoms with van der Waals surface area (Å²) >= 11 is 0. The van der Waals surface area contributed by atoms with Crippen LogP contribution >= 0.6 is 0 Å². The van der Waals surface area contributed by atoms with Crippen molar-refractivity contribution in [2.45, 2.75) is 26.5 Å². The highest BCUT2D eigenvalue weighted by Crippen LogP contribution is 2.25. The minimum Gasteiger partial charge on any atom is -0.491 e. The number of nitrogens with one attached hydrogen (secondary N) is 1. The predicted molar refractivity (Wildman–Crippen MR) is 116 cm³/mol. The molecular formula is C24H22N4O2. The summed E-state index contributed by atoms with van der Waals surface area (Å²) in [5.74, 6) is 0.516. The van der Waals surface area contributed by atoms with E-state index >= 15 is 0 Å². The van der Waals surface area contributed by atoms with Crippen LogP contribution in [0.15, 0.2) is 73.2 Å². The monoisotopic (exact) mass is 398 g/mol. The van der Waals surface area contributed by atoms with Gasteiger partial charge in [-0.3, -0.25) is 14.8 Å². The highest BCUT2D eigenvalue weighted by Gasteiger charge is 2.13. The number of hydrogen-bond donors (Lipinski definition) is 1. The molecule has 6 heteroatoms. The molecule has 0 aliphatic rings. The molecule has 3 aromatic heterocycles. The lowest BCUT2D eigenvalue weighted by Crippen LogP contribution is -2.24. The number of hydrogen-bond acceptors (Lipinski definition) is 5. The zero-order valence-electron chi connectivity index (χ0n) is 16.9. The Labute approximate surface area is 175 Å². The average molecular weight is 398 g/mol. The quantitative estimate of drug-likeness (QED) is 0.521. The number of ether oxygens (including phenoxy) is 1. The van der Waals surface area contributed by atoms with Crippen LogP contribution in [0.5, 0.6) is 5.75 Å². The lowest BCUT2D eigenvalue weighted by Gasteiger charge is -2.14. The van der Waals surface area contributed by atoms with E-state index in [-0.39, 0.29) is 12.0 Å². The number of carbonyl (C=O) groups excluding carboxylic acids is 1. The Bertz CT molecular complexity index is 1180. The molecule has 3 heterocycles. The third kappa shape index (κ3) is 4.27. The first kappa shape index (κ1) is 19.5. The molecule has 0 fully saturated rings. The van der Waals surface area contributed by atoms with Crippen LogP contribution in [0.2, 0.25) is 0 Å². The van der Waals surface area contributed by atoms with E-state index in [9.17, 15) is 4.79 Å². The number of benzene rings is 1. The van der Waals surface area contributed by atoms with Gasteiger partial charge in [-0.15, -0.1) is 0 Å². The second-order valence-corrected chi connectivity index (χ2v) is 7.13. The average Bonchev–Trinajstić information content (AvgIpc) is 2.77. The van der Waals surface area contributed by atoms with Crippen LogP contribution in [0, 0.1) is 0 Å². The Kier molecular flexibility index (Phi) is 5.66. The van der Waals surface area contributed by atoms with Gasteiger partial charge in [0.05, 0.1) is 17.3 Å². The van der Waals surface area contributed by atoms with Gasteiger partial charge in [0.25, 0.3) is 5.91 Å². The van der Waals surface area contributed by atoms with Gasteiger partial charge in [-0.1, -0.05) is 24.3 Å².